The molecule has 2 aromatic rings. The van der Waals surface area contributed by atoms with Gasteiger partial charge in [-0.15, -0.1) is 0 Å². The average Bonchev–Trinajstić information content (AvgIpc) is 2.28. The fourth-order valence-corrected chi connectivity index (χ4v) is 1.45. The van der Waals surface area contributed by atoms with Gasteiger partial charge in [-0.3, -0.25) is 4.98 Å². The molecular weight excluding hydrogens is 198 g/mol. The Bertz CT molecular complexity index is 463. The quantitative estimate of drug-likeness (QED) is 0.851. The predicted octanol–water partition coefficient (Wildman–Crippen LogP) is 2.71. The number of nitrogens with zero attached hydrogens (tertiary/aromatic N) is 2. The first-order valence-electron chi connectivity index (χ1n) is 5.33. The molecule has 16 heavy (non-hydrogen) atoms. The van der Waals surface area contributed by atoms with Gasteiger partial charge in [0.25, 0.3) is 0 Å². The van der Waals surface area contributed by atoms with Crippen molar-refractivity contribution in [1.82, 2.24) is 9.97 Å². The van der Waals surface area contributed by atoms with Crippen LogP contribution in [0.15, 0.2) is 36.5 Å². The van der Waals surface area contributed by atoms with Crippen LogP contribution in [0.4, 0.5) is 5.82 Å². The summed E-state index contributed by atoms with van der Waals surface area (Å²) in [5, 5.41) is 3.24. The van der Waals surface area contributed by atoms with Crippen molar-refractivity contribution in [2.75, 3.05) is 5.32 Å². The van der Waals surface area contributed by atoms with E-state index in [4.69, 9.17) is 0 Å². The maximum atomic E-state index is 4.42. The molecule has 0 bridgehead atoms. The van der Waals surface area contributed by atoms with Crippen LogP contribution in [0.1, 0.15) is 17.0 Å². The zero-order chi connectivity index (χ0) is 11.4. The minimum Gasteiger partial charge on any atom is -0.364 e. The molecule has 2 heterocycles. The first kappa shape index (κ1) is 10.6. The Morgan fingerprint density at radius 2 is 2.00 bits per heavy atom. The SMILES string of the molecule is Cc1ccc(NCc2cccc(C)n2)nc1. The summed E-state index contributed by atoms with van der Waals surface area (Å²) < 4.78 is 0. The molecule has 0 spiro atoms. The summed E-state index contributed by atoms with van der Waals surface area (Å²) in [7, 11) is 0. The number of hydrogen-bond donors (Lipinski definition) is 1. The number of nitrogens with one attached hydrogen (secondary N) is 1. The average molecular weight is 213 g/mol. The molecule has 0 fully saturated rings. The van der Waals surface area contributed by atoms with Crippen molar-refractivity contribution in [2.45, 2.75) is 20.4 Å². The zero-order valence-electron chi connectivity index (χ0n) is 9.57. The number of aromatic nitrogens is 2. The van der Waals surface area contributed by atoms with Gasteiger partial charge >= 0.3 is 0 Å². The fraction of sp³-hybridized carbons (Fsp3) is 0.231. The molecule has 3 heteroatoms. The van der Waals surface area contributed by atoms with Crippen LogP contribution in [0.3, 0.4) is 0 Å². The van der Waals surface area contributed by atoms with Gasteiger partial charge in [-0.2, -0.15) is 0 Å². The molecule has 0 saturated heterocycles. The van der Waals surface area contributed by atoms with Crippen LogP contribution in [-0.4, -0.2) is 9.97 Å². The third-order valence-corrected chi connectivity index (χ3v) is 2.31. The third kappa shape index (κ3) is 2.79. The Morgan fingerprint density at radius 1 is 1.12 bits per heavy atom. The van der Waals surface area contributed by atoms with E-state index in [1.165, 1.54) is 5.56 Å². The van der Waals surface area contributed by atoms with Crippen LogP contribution in [0.25, 0.3) is 0 Å². The van der Waals surface area contributed by atoms with E-state index in [0.717, 1.165) is 17.2 Å². The summed E-state index contributed by atoms with van der Waals surface area (Å²) >= 11 is 0. The van der Waals surface area contributed by atoms with E-state index in [0.29, 0.717) is 6.54 Å². The van der Waals surface area contributed by atoms with Gasteiger partial charge in [0.2, 0.25) is 0 Å². The Labute approximate surface area is 95.6 Å². The van der Waals surface area contributed by atoms with Crippen LogP contribution >= 0.6 is 0 Å². The number of rotatable bonds is 3. The lowest BCUT2D eigenvalue weighted by Crippen LogP contribution is -2.03. The first-order valence-corrected chi connectivity index (χ1v) is 5.33. The van der Waals surface area contributed by atoms with E-state index in [1.54, 1.807) is 0 Å². The van der Waals surface area contributed by atoms with Crippen LogP contribution in [0.5, 0.6) is 0 Å². The molecule has 0 aliphatic carbocycles. The highest BCUT2D eigenvalue weighted by Gasteiger charge is 1.96. The van der Waals surface area contributed by atoms with Crippen molar-refractivity contribution in [2.24, 2.45) is 0 Å². The number of hydrogen-bond acceptors (Lipinski definition) is 3. The topological polar surface area (TPSA) is 37.8 Å². The van der Waals surface area contributed by atoms with Gasteiger partial charge in [0.1, 0.15) is 5.82 Å². The second kappa shape index (κ2) is 4.75. The van der Waals surface area contributed by atoms with Crippen LogP contribution in [0, 0.1) is 13.8 Å². The monoisotopic (exact) mass is 213 g/mol. The first-order chi connectivity index (χ1) is 7.74. The summed E-state index contributed by atoms with van der Waals surface area (Å²) in [5.74, 6) is 0.883. The smallest absolute Gasteiger partial charge is 0.126 e. The number of aryl methyl sites for hydroxylation is 2. The normalized spacial score (nSPS) is 10.1. The zero-order valence-corrected chi connectivity index (χ0v) is 9.57. The highest BCUT2D eigenvalue weighted by molar-refractivity contribution is 5.35. The second-order valence-corrected chi connectivity index (χ2v) is 3.84. The molecule has 0 aliphatic heterocycles. The van der Waals surface area contributed by atoms with Crippen molar-refractivity contribution >= 4 is 5.82 Å². The van der Waals surface area contributed by atoms with Gasteiger partial charge in [-0.05, 0) is 37.6 Å². The van der Waals surface area contributed by atoms with Gasteiger partial charge in [0, 0.05) is 11.9 Å². The summed E-state index contributed by atoms with van der Waals surface area (Å²) in [6.45, 7) is 4.73. The number of anilines is 1. The van der Waals surface area contributed by atoms with Crippen molar-refractivity contribution in [3.63, 3.8) is 0 Å². The Morgan fingerprint density at radius 3 is 2.69 bits per heavy atom. The molecule has 3 nitrogen and oxygen atoms in total. The molecular formula is C13H15N3. The van der Waals surface area contributed by atoms with Gasteiger partial charge in [-0.1, -0.05) is 12.1 Å². The van der Waals surface area contributed by atoms with Crippen LogP contribution in [0.2, 0.25) is 0 Å². The Hall–Kier alpha value is -1.90. The summed E-state index contributed by atoms with van der Waals surface area (Å²) in [5.41, 5.74) is 3.23. The molecule has 2 aromatic heterocycles. The molecule has 0 aliphatic rings. The van der Waals surface area contributed by atoms with E-state index in [1.807, 2.05) is 50.4 Å². The van der Waals surface area contributed by atoms with Crippen molar-refractivity contribution < 1.29 is 0 Å². The maximum Gasteiger partial charge on any atom is 0.126 e. The second-order valence-electron chi connectivity index (χ2n) is 3.84. The summed E-state index contributed by atoms with van der Waals surface area (Å²) in [4.78, 5) is 8.69. The van der Waals surface area contributed by atoms with E-state index >= 15 is 0 Å². The molecule has 0 radical (unpaired) electrons. The summed E-state index contributed by atoms with van der Waals surface area (Å²) in [6.07, 6.45) is 1.85. The highest BCUT2D eigenvalue weighted by Crippen LogP contribution is 2.06. The van der Waals surface area contributed by atoms with E-state index in [9.17, 15) is 0 Å². The molecule has 1 N–H and O–H groups in total. The lowest BCUT2D eigenvalue weighted by atomic mass is 10.3. The van der Waals surface area contributed by atoms with E-state index in [2.05, 4.69) is 15.3 Å². The minimum atomic E-state index is 0.706. The Balaban J connectivity index is 1.99. The Kier molecular flexibility index (Phi) is 3.15. The van der Waals surface area contributed by atoms with E-state index < -0.39 is 0 Å². The largest absolute Gasteiger partial charge is 0.364 e. The van der Waals surface area contributed by atoms with Crippen molar-refractivity contribution in [3.8, 4) is 0 Å². The van der Waals surface area contributed by atoms with Crippen molar-refractivity contribution in [3.05, 3.63) is 53.5 Å². The highest BCUT2D eigenvalue weighted by atomic mass is 15.0. The number of pyridine rings is 2. The summed E-state index contributed by atoms with van der Waals surface area (Å²) in [6, 6.07) is 10.0. The predicted molar refractivity (Wildman–Crippen MR) is 65.3 cm³/mol. The van der Waals surface area contributed by atoms with Gasteiger partial charge in [0.05, 0.1) is 12.2 Å². The lowest BCUT2D eigenvalue weighted by Gasteiger charge is -2.05. The molecule has 0 aromatic carbocycles. The van der Waals surface area contributed by atoms with Gasteiger partial charge < -0.3 is 5.32 Å². The minimum absolute atomic E-state index is 0.706. The maximum absolute atomic E-state index is 4.42. The lowest BCUT2D eigenvalue weighted by molar-refractivity contribution is 1.00. The van der Waals surface area contributed by atoms with E-state index in [-0.39, 0.29) is 0 Å². The van der Waals surface area contributed by atoms with Gasteiger partial charge in [0.15, 0.2) is 0 Å². The van der Waals surface area contributed by atoms with Crippen LogP contribution < -0.4 is 5.32 Å². The van der Waals surface area contributed by atoms with Crippen LogP contribution in [-0.2, 0) is 6.54 Å². The molecule has 0 amide bonds. The molecule has 0 atom stereocenters. The third-order valence-electron chi connectivity index (χ3n) is 2.31. The van der Waals surface area contributed by atoms with Crippen molar-refractivity contribution in [1.29, 1.82) is 0 Å². The standard InChI is InChI=1S/C13H15N3/c1-10-6-7-13(14-8-10)15-9-12-5-3-4-11(2)16-12/h3-8H,9H2,1-2H3,(H,14,15). The van der Waals surface area contributed by atoms with Gasteiger partial charge in [-0.25, -0.2) is 4.98 Å². The molecule has 0 saturated carbocycles. The fourth-order valence-electron chi connectivity index (χ4n) is 1.45. The molecule has 2 rings (SSSR count). The molecule has 82 valence electrons. The molecule has 0 unspecified atom stereocenters.